The minimum Gasteiger partial charge on any atom is -0.461 e. The number of rotatable bonds is 4. The van der Waals surface area contributed by atoms with E-state index >= 15 is 0 Å². The van der Waals surface area contributed by atoms with E-state index in [0.717, 1.165) is 11.5 Å². The van der Waals surface area contributed by atoms with Gasteiger partial charge in [-0.3, -0.25) is 0 Å². The monoisotopic (exact) mass is 292 g/mol. The van der Waals surface area contributed by atoms with Crippen molar-refractivity contribution in [3.8, 4) is 0 Å². The quantitative estimate of drug-likeness (QED) is 0.779. The molecule has 0 bridgehead atoms. The lowest BCUT2D eigenvalue weighted by molar-refractivity contribution is 0.0516. The van der Waals surface area contributed by atoms with E-state index in [9.17, 15) is 4.79 Å². The number of carbonyl (C=O) groups excluding carboxylic acids is 1. The van der Waals surface area contributed by atoms with E-state index in [-0.39, 0.29) is 11.1 Å². The zero-order chi connectivity index (χ0) is 15.6. The molecule has 0 aliphatic carbocycles. The molecule has 0 aliphatic heterocycles. The molecule has 2 rings (SSSR count). The molecule has 0 atom stereocenters. The molecule has 0 N–H and O–H groups in total. The van der Waals surface area contributed by atoms with E-state index in [1.807, 2.05) is 27.8 Å². The molecule has 0 fully saturated rings. The molecule has 0 aliphatic rings. The van der Waals surface area contributed by atoms with Crippen molar-refractivity contribution >= 4 is 5.97 Å². The Bertz CT molecular complexity index is 637. The summed E-state index contributed by atoms with van der Waals surface area (Å²) >= 11 is 0. The van der Waals surface area contributed by atoms with Crippen molar-refractivity contribution in [3.63, 3.8) is 0 Å². The largest absolute Gasteiger partial charge is 0.461 e. The van der Waals surface area contributed by atoms with Crippen LogP contribution in [-0.4, -0.2) is 42.3 Å². The number of aromatic nitrogens is 6. The second-order valence-electron chi connectivity index (χ2n) is 5.77. The van der Waals surface area contributed by atoms with Gasteiger partial charge in [-0.1, -0.05) is 26.0 Å². The van der Waals surface area contributed by atoms with Crippen LogP contribution in [0.4, 0.5) is 0 Å². The topological polar surface area (TPSA) is 87.7 Å². The summed E-state index contributed by atoms with van der Waals surface area (Å²) in [6.45, 7) is 8.47. The molecule has 0 unspecified atom stereocenters. The highest BCUT2D eigenvalue weighted by atomic mass is 16.5. The molecule has 0 amide bonds. The van der Waals surface area contributed by atoms with Gasteiger partial charge in [0.25, 0.3) is 0 Å². The molecule has 114 valence electrons. The molecule has 21 heavy (non-hydrogen) atoms. The second kappa shape index (κ2) is 5.63. The first-order valence-electron chi connectivity index (χ1n) is 6.78. The first-order chi connectivity index (χ1) is 9.84. The van der Waals surface area contributed by atoms with Gasteiger partial charge in [-0.2, -0.15) is 0 Å². The molecule has 0 saturated heterocycles. The summed E-state index contributed by atoms with van der Waals surface area (Å²) in [7, 11) is 1.86. The van der Waals surface area contributed by atoms with E-state index in [2.05, 4.69) is 20.5 Å². The van der Waals surface area contributed by atoms with Gasteiger partial charge in [-0.05, 0) is 6.92 Å². The molecule has 2 aromatic rings. The van der Waals surface area contributed by atoms with Crippen molar-refractivity contribution in [1.29, 1.82) is 0 Å². The maximum atomic E-state index is 12.0. The van der Waals surface area contributed by atoms with E-state index < -0.39 is 5.97 Å². The van der Waals surface area contributed by atoms with Gasteiger partial charge in [0.1, 0.15) is 12.9 Å². The minimum atomic E-state index is -0.452. The van der Waals surface area contributed by atoms with Crippen molar-refractivity contribution < 1.29 is 9.53 Å². The van der Waals surface area contributed by atoms with Gasteiger partial charge in [0.2, 0.25) is 0 Å². The average Bonchev–Trinajstić information content (AvgIpc) is 2.97. The van der Waals surface area contributed by atoms with Crippen LogP contribution in [0.25, 0.3) is 0 Å². The summed E-state index contributed by atoms with van der Waals surface area (Å²) in [6, 6.07) is 0. The minimum absolute atomic E-state index is 0.256. The Morgan fingerprint density at radius 2 is 2.05 bits per heavy atom. The van der Waals surface area contributed by atoms with E-state index in [0.29, 0.717) is 13.2 Å². The van der Waals surface area contributed by atoms with Crippen LogP contribution < -0.4 is 0 Å². The highest BCUT2D eigenvalue weighted by molar-refractivity contribution is 5.88. The van der Waals surface area contributed by atoms with Gasteiger partial charge >= 0.3 is 5.97 Å². The third-order valence-electron chi connectivity index (χ3n) is 3.01. The summed E-state index contributed by atoms with van der Waals surface area (Å²) in [5, 5.41) is 16.0. The fraction of sp³-hybridized carbons (Fsp3) is 0.615. The molecule has 2 heterocycles. The van der Waals surface area contributed by atoms with Crippen LogP contribution in [0.1, 0.15) is 49.7 Å². The highest BCUT2D eigenvalue weighted by Gasteiger charge is 2.30. The van der Waals surface area contributed by atoms with Crippen molar-refractivity contribution in [2.24, 2.45) is 7.05 Å². The van der Waals surface area contributed by atoms with E-state index in [4.69, 9.17) is 4.74 Å². The summed E-state index contributed by atoms with van der Waals surface area (Å²) in [5.41, 5.74) is 0.681. The van der Waals surface area contributed by atoms with Crippen molar-refractivity contribution in [2.75, 3.05) is 6.61 Å². The first-order valence-corrected chi connectivity index (χ1v) is 6.78. The molecule has 0 aromatic carbocycles. The van der Waals surface area contributed by atoms with Gasteiger partial charge in [0.05, 0.1) is 12.3 Å². The zero-order valence-electron chi connectivity index (χ0n) is 13.0. The summed E-state index contributed by atoms with van der Waals surface area (Å²) in [4.78, 5) is 12.0. The van der Waals surface area contributed by atoms with Crippen LogP contribution in [0.5, 0.6) is 0 Å². The van der Waals surface area contributed by atoms with Crippen molar-refractivity contribution in [2.45, 2.75) is 39.7 Å². The Balaban J connectivity index is 2.42. The lowest BCUT2D eigenvalue weighted by atomic mass is 9.90. The molecule has 0 saturated carbocycles. The smallest absolute Gasteiger partial charge is 0.360 e. The molecule has 0 radical (unpaired) electrons. The fourth-order valence-electron chi connectivity index (χ4n) is 2.09. The Hall–Kier alpha value is -2.25. The van der Waals surface area contributed by atoms with Crippen LogP contribution in [-0.2, 0) is 23.7 Å². The summed E-state index contributed by atoms with van der Waals surface area (Å²) in [5.74, 6) is 0.285. The molecular formula is C13H20N6O2. The Morgan fingerprint density at radius 3 is 2.57 bits per heavy atom. The van der Waals surface area contributed by atoms with E-state index in [1.165, 1.54) is 0 Å². The van der Waals surface area contributed by atoms with Crippen LogP contribution in [0.15, 0.2) is 6.33 Å². The second-order valence-corrected chi connectivity index (χ2v) is 5.77. The Labute approximate surface area is 123 Å². The number of hydrogen-bond donors (Lipinski definition) is 0. The first kappa shape index (κ1) is 15.1. The normalized spacial score (nSPS) is 11.7. The predicted molar refractivity (Wildman–Crippen MR) is 74.8 cm³/mol. The predicted octanol–water partition coefficient (Wildman–Crippen LogP) is 0.929. The Morgan fingerprint density at radius 1 is 1.33 bits per heavy atom. The standard InChI is InChI=1S/C13H20N6O2/c1-6-21-12(20)10-11(13(2,3)4)19(17-16-10)7-9-15-14-8-18(9)5/h8H,6-7H2,1-5H3. The summed E-state index contributed by atoms with van der Waals surface area (Å²) < 4.78 is 8.53. The van der Waals surface area contributed by atoms with Crippen LogP contribution in [0.2, 0.25) is 0 Å². The number of ether oxygens (including phenoxy) is 1. The van der Waals surface area contributed by atoms with Crippen LogP contribution in [0, 0.1) is 0 Å². The summed E-state index contributed by atoms with van der Waals surface area (Å²) in [6.07, 6.45) is 1.62. The number of nitrogens with zero attached hydrogens (tertiary/aromatic N) is 6. The van der Waals surface area contributed by atoms with Crippen LogP contribution in [0.3, 0.4) is 0 Å². The van der Waals surface area contributed by atoms with Gasteiger partial charge in [0, 0.05) is 12.5 Å². The fourth-order valence-corrected chi connectivity index (χ4v) is 2.09. The molecule has 8 heteroatoms. The SMILES string of the molecule is CCOC(=O)c1nnn(Cc2nncn2C)c1C(C)(C)C. The van der Waals surface area contributed by atoms with E-state index in [1.54, 1.807) is 22.5 Å². The Kier molecular flexibility index (Phi) is 4.06. The van der Waals surface area contributed by atoms with Crippen molar-refractivity contribution in [3.05, 3.63) is 23.5 Å². The number of esters is 1. The number of aryl methyl sites for hydroxylation is 1. The van der Waals surface area contributed by atoms with Crippen molar-refractivity contribution in [1.82, 2.24) is 29.8 Å². The molecule has 2 aromatic heterocycles. The lowest BCUT2D eigenvalue weighted by Gasteiger charge is -2.20. The van der Waals surface area contributed by atoms with Gasteiger partial charge in [-0.25, -0.2) is 9.48 Å². The maximum Gasteiger partial charge on any atom is 0.360 e. The molecular weight excluding hydrogens is 272 g/mol. The lowest BCUT2D eigenvalue weighted by Crippen LogP contribution is -2.23. The van der Waals surface area contributed by atoms with Gasteiger partial charge in [0.15, 0.2) is 11.5 Å². The average molecular weight is 292 g/mol. The van der Waals surface area contributed by atoms with Gasteiger partial charge in [-0.15, -0.1) is 15.3 Å². The molecule has 0 spiro atoms. The number of carbonyl (C=O) groups is 1. The zero-order valence-corrected chi connectivity index (χ0v) is 13.0. The number of hydrogen-bond acceptors (Lipinski definition) is 6. The highest BCUT2D eigenvalue weighted by Crippen LogP contribution is 2.25. The third-order valence-corrected chi connectivity index (χ3v) is 3.01. The van der Waals surface area contributed by atoms with Gasteiger partial charge < -0.3 is 9.30 Å². The molecule has 8 nitrogen and oxygen atoms in total. The maximum absolute atomic E-state index is 12.0. The third kappa shape index (κ3) is 3.09. The van der Waals surface area contributed by atoms with Crippen LogP contribution >= 0.6 is 0 Å².